The molecular formula is C33H32N2O5. The van der Waals surface area contributed by atoms with Crippen LogP contribution in [0.5, 0.6) is 11.5 Å². The van der Waals surface area contributed by atoms with Gasteiger partial charge >= 0.3 is 0 Å². The minimum Gasteiger partial charge on any atom is -0.497 e. The van der Waals surface area contributed by atoms with Gasteiger partial charge < -0.3 is 19.7 Å². The van der Waals surface area contributed by atoms with Crippen LogP contribution in [0.2, 0.25) is 0 Å². The number of nitrogens with one attached hydrogen (secondary N) is 1. The second kappa shape index (κ2) is 9.08. The van der Waals surface area contributed by atoms with E-state index in [1.54, 1.807) is 18.2 Å². The molecule has 0 saturated carbocycles. The number of nitrogens with zero attached hydrogens (tertiary/aromatic N) is 1. The summed E-state index contributed by atoms with van der Waals surface area (Å²) in [5.41, 5.74) is 1.23. The third-order valence-electron chi connectivity index (χ3n) is 8.50. The molecule has 3 heterocycles. The lowest BCUT2D eigenvalue weighted by Crippen LogP contribution is -2.51. The maximum absolute atomic E-state index is 15.0. The lowest BCUT2D eigenvalue weighted by atomic mass is 9.63. The number of hydrogen-bond donors (Lipinski definition) is 1. The lowest BCUT2D eigenvalue weighted by Gasteiger charge is -2.38. The Bertz CT molecular complexity index is 1590. The molecule has 7 nitrogen and oxygen atoms in total. The fraction of sp³-hybridized carbons (Fsp3) is 0.303. The number of carbonyl (C=O) groups excluding carboxylic acids is 3. The number of ketones is 2. The van der Waals surface area contributed by atoms with Crippen LogP contribution in [0, 0.1) is 11.3 Å². The van der Waals surface area contributed by atoms with Crippen molar-refractivity contribution in [3.63, 3.8) is 0 Å². The van der Waals surface area contributed by atoms with E-state index in [1.165, 1.54) is 14.2 Å². The molecule has 3 aromatic rings. The van der Waals surface area contributed by atoms with Crippen molar-refractivity contribution in [2.75, 3.05) is 24.4 Å². The fourth-order valence-electron chi connectivity index (χ4n) is 6.74. The molecule has 1 saturated heterocycles. The van der Waals surface area contributed by atoms with Gasteiger partial charge in [0.15, 0.2) is 11.6 Å². The Labute approximate surface area is 233 Å². The number of anilines is 2. The second-order valence-electron chi connectivity index (χ2n) is 11.6. The van der Waals surface area contributed by atoms with Crippen molar-refractivity contribution >= 4 is 34.9 Å². The SMILES string of the molecule is COc1ccc(OC)c(C(=O)[C@@H]2[C@H](C(=O)C(C)(C)C)N3c4ccccc4C=C[C@H]3[C@@]23C(=O)Nc2ccccc23)c1. The van der Waals surface area contributed by atoms with Crippen molar-refractivity contribution < 1.29 is 23.9 Å². The van der Waals surface area contributed by atoms with Crippen LogP contribution in [0.4, 0.5) is 11.4 Å². The standard InChI is InChI=1S/C33H32N2O5/c1-32(2,3)30(37)28-27(29(36)21-18-20(39-4)15-16-25(21)40-5)33(22-11-7-8-12-23(22)34-31(33)38)26-17-14-19-10-6-9-13-24(19)35(26)28/h6-18,26-28H,1-5H3,(H,34,38)/t26-,27-,28+,33+/m0/s1. The van der Waals surface area contributed by atoms with Crippen LogP contribution >= 0.6 is 0 Å². The van der Waals surface area contributed by atoms with Crippen molar-refractivity contribution in [1.82, 2.24) is 0 Å². The van der Waals surface area contributed by atoms with E-state index in [-0.39, 0.29) is 23.0 Å². The van der Waals surface area contributed by atoms with Gasteiger partial charge in [-0.25, -0.2) is 0 Å². The molecule has 204 valence electrons. The Morgan fingerprint density at radius 2 is 1.68 bits per heavy atom. The molecule has 0 unspecified atom stereocenters. The van der Waals surface area contributed by atoms with Gasteiger partial charge in [0.1, 0.15) is 23.0 Å². The molecule has 0 aromatic heterocycles. The number of fused-ring (bicyclic) bond motifs is 6. The van der Waals surface area contributed by atoms with Gasteiger partial charge in [-0.05, 0) is 41.5 Å². The normalized spacial score (nSPS) is 24.3. The Kier molecular flexibility index (Phi) is 5.87. The molecule has 3 aliphatic rings. The van der Waals surface area contributed by atoms with Crippen molar-refractivity contribution in [2.45, 2.75) is 38.3 Å². The highest BCUT2D eigenvalue weighted by Crippen LogP contribution is 2.58. The number of benzene rings is 3. The average molecular weight is 537 g/mol. The fourth-order valence-corrected chi connectivity index (χ4v) is 6.74. The van der Waals surface area contributed by atoms with Crippen LogP contribution < -0.4 is 19.7 Å². The van der Waals surface area contributed by atoms with E-state index in [1.807, 2.05) is 86.4 Å². The van der Waals surface area contributed by atoms with Crippen LogP contribution in [-0.4, -0.2) is 43.8 Å². The molecule has 1 amide bonds. The average Bonchev–Trinajstić information content (AvgIpc) is 3.43. The molecule has 7 heteroatoms. The number of carbonyl (C=O) groups is 3. The van der Waals surface area contributed by atoms with Crippen molar-refractivity contribution in [1.29, 1.82) is 0 Å². The van der Waals surface area contributed by atoms with Gasteiger partial charge in [0, 0.05) is 16.8 Å². The van der Waals surface area contributed by atoms with Crippen LogP contribution in [0.25, 0.3) is 6.08 Å². The molecule has 3 aromatic carbocycles. The summed E-state index contributed by atoms with van der Waals surface area (Å²) in [6.45, 7) is 5.58. The summed E-state index contributed by atoms with van der Waals surface area (Å²) in [6, 6.07) is 18.8. The van der Waals surface area contributed by atoms with E-state index in [0.29, 0.717) is 22.7 Å². The summed E-state index contributed by atoms with van der Waals surface area (Å²) < 4.78 is 11.1. The molecular weight excluding hydrogens is 504 g/mol. The number of ether oxygens (including phenoxy) is 2. The van der Waals surface area contributed by atoms with Gasteiger partial charge in [-0.1, -0.05) is 69.3 Å². The molecule has 0 radical (unpaired) electrons. The van der Waals surface area contributed by atoms with E-state index in [2.05, 4.69) is 5.32 Å². The molecule has 4 atom stereocenters. The molecule has 3 aliphatic heterocycles. The molecule has 1 N–H and O–H groups in total. The van der Waals surface area contributed by atoms with Gasteiger partial charge in [-0.3, -0.25) is 14.4 Å². The lowest BCUT2D eigenvalue weighted by molar-refractivity contribution is -0.128. The highest BCUT2D eigenvalue weighted by atomic mass is 16.5. The molecule has 0 aliphatic carbocycles. The maximum atomic E-state index is 15.0. The zero-order valence-corrected chi connectivity index (χ0v) is 23.2. The number of methoxy groups -OCH3 is 2. The number of para-hydroxylation sites is 2. The van der Waals surface area contributed by atoms with Crippen molar-refractivity contribution in [2.24, 2.45) is 11.3 Å². The first-order valence-electron chi connectivity index (χ1n) is 13.4. The van der Waals surface area contributed by atoms with E-state index in [0.717, 1.165) is 11.3 Å². The quantitative estimate of drug-likeness (QED) is 0.446. The monoisotopic (exact) mass is 536 g/mol. The zero-order valence-electron chi connectivity index (χ0n) is 23.2. The van der Waals surface area contributed by atoms with Crippen LogP contribution in [-0.2, 0) is 15.0 Å². The van der Waals surface area contributed by atoms with E-state index in [9.17, 15) is 14.4 Å². The third-order valence-corrected chi connectivity index (χ3v) is 8.50. The van der Waals surface area contributed by atoms with Crippen LogP contribution in [0.3, 0.4) is 0 Å². The van der Waals surface area contributed by atoms with Gasteiger partial charge in [-0.2, -0.15) is 0 Å². The van der Waals surface area contributed by atoms with Gasteiger partial charge in [0.2, 0.25) is 5.91 Å². The number of hydrogen-bond acceptors (Lipinski definition) is 6. The first-order valence-corrected chi connectivity index (χ1v) is 13.4. The van der Waals surface area contributed by atoms with Gasteiger partial charge in [0.05, 0.1) is 31.7 Å². The predicted octanol–water partition coefficient (Wildman–Crippen LogP) is 5.29. The summed E-state index contributed by atoms with van der Waals surface area (Å²) in [7, 11) is 3.03. The maximum Gasteiger partial charge on any atom is 0.238 e. The van der Waals surface area contributed by atoms with Gasteiger partial charge in [0.25, 0.3) is 0 Å². The Balaban J connectivity index is 1.69. The van der Waals surface area contributed by atoms with Crippen molar-refractivity contribution in [3.8, 4) is 11.5 Å². The predicted molar refractivity (Wildman–Crippen MR) is 154 cm³/mol. The Hall–Kier alpha value is -4.39. The first-order chi connectivity index (χ1) is 19.1. The van der Waals surface area contributed by atoms with E-state index < -0.39 is 28.8 Å². The third kappa shape index (κ3) is 3.46. The minimum atomic E-state index is -1.36. The van der Waals surface area contributed by atoms with Crippen molar-refractivity contribution in [3.05, 3.63) is 89.5 Å². The molecule has 1 fully saturated rings. The number of rotatable bonds is 5. The number of amides is 1. The molecule has 6 rings (SSSR count). The highest BCUT2D eigenvalue weighted by Gasteiger charge is 2.71. The largest absolute Gasteiger partial charge is 0.497 e. The second-order valence-corrected chi connectivity index (χ2v) is 11.6. The summed E-state index contributed by atoms with van der Waals surface area (Å²) in [5.74, 6) is -0.964. The Morgan fingerprint density at radius 1 is 0.950 bits per heavy atom. The summed E-state index contributed by atoms with van der Waals surface area (Å²) in [6.07, 6.45) is 3.97. The molecule has 0 bridgehead atoms. The van der Waals surface area contributed by atoms with Crippen LogP contribution in [0.15, 0.2) is 72.8 Å². The smallest absolute Gasteiger partial charge is 0.238 e. The molecule has 40 heavy (non-hydrogen) atoms. The summed E-state index contributed by atoms with van der Waals surface area (Å²) >= 11 is 0. The summed E-state index contributed by atoms with van der Waals surface area (Å²) in [5, 5.41) is 3.05. The first kappa shape index (κ1) is 25.9. The van der Waals surface area contributed by atoms with E-state index >= 15 is 0 Å². The Morgan fingerprint density at radius 3 is 2.40 bits per heavy atom. The summed E-state index contributed by atoms with van der Waals surface area (Å²) in [4.78, 5) is 45.9. The minimum absolute atomic E-state index is 0.114. The van der Waals surface area contributed by atoms with Gasteiger partial charge in [-0.15, -0.1) is 0 Å². The molecule has 1 spiro atoms. The van der Waals surface area contributed by atoms with E-state index in [4.69, 9.17) is 9.47 Å². The van der Waals surface area contributed by atoms with Crippen LogP contribution in [0.1, 0.15) is 42.3 Å². The zero-order chi connectivity index (χ0) is 28.4. The topological polar surface area (TPSA) is 84.9 Å². The highest BCUT2D eigenvalue weighted by molar-refractivity contribution is 6.17. The number of Topliss-reactive ketones (excluding diaryl/α,β-unsaturated/α-hetero) is 2.